The quantitative estimate of drug-likeness (QED) is 0.724. The lowest BCUT2D eigenvalue weighted by molar-refractivity contribution is 0.0977. The SMILES string of the molecule is CCCC(=O)c1cc(OC)c(OC)cc1F. The van der Waals surface area contributed by atoms with Gasteiger partial charge in [-0.15, -0.1) is 0 Å². The molecule has 3 nitrogen and oxygen atoms in total. The molecule has 0 N–H and O–H groups in total. The van der Waals surface area contributed by atoms with E-state index in [0.29, 0.717) is 18.6 Å². The highest BCUT2D eigenvalue weighted by Crippen LogP contribution is 2.30. The van der Waals surface area contributed by atoms with Crippen LogP contribution in [0.3, 0.4) is 0 Å². The summed E-state index contributed by atoms with van der Waals surface area (Å²) in [6, 6.07) is 2.55. The number of benzene rings is 1. The standard InChI is InChI=1S/C12H15FO3/c1-4-5-10(14)8-6-11(15-2)12(16-3)7-9(8)13/h6-7H,4-5H2,1-3H3. The highest BCUT2D eigenvalue weighted by molar-refractivity contribution is 5.96. The maximum absolute atomic E-state index is 13.6. The molecule has 0 radical (unpaired) electrons. The first-order chi connectivity index (χ1) is 7.63. The molecule has 0 bridgehead atoms. The van der Waals surface area contributed by atoms with Gasteiger partial charge < -0.3 is 9.47 Å². The number of ether oxygens (including phenoxy) is 2. The Hall–Kier alpha value is -1.58. The van der Waals surface area contributed by atoms with Crippen LogP contribution in [0.15, 0.2) is 12.1 Å². The molecule has 88 valence electrons. The first kappa shape index (κ1) is 12.5. The second-order valence-electron chi connectivity index (χ2n) is 3.36. The Labute approximate surface area is 94.2 Å². The van der Waals surface area contributed by atoms with Gasteiger partial charge in [0.2, 0.25) is 0 Å². The van der Waals surface area contributed by atoms with Crippen LogP contribution in [-0.2, 0) is 0 Å². The van der Waals surface area contributed by atoms with Crippen LogP contribution >= 0.6 is 0 Å². The third-order valence-corrected chi connectivity index (χ3v) is 2.25. The summed E-state index contributed by atoms with van der Waals surface area (Å²) in [5.41, 5.74) is 0.0551. The fourth-order valence-electron chi connectivity index (χ4n) is 1.43. The Kier molecular flexibility index (Phi) is 4.28. The van der Waals surface area contributed by atoms with E-state index in [2.05, 4.69) is 0 Å². The van der Waals surface area contributed by atoms with E-state index in [1.165, 1.54) is 26.4 Å². The lowest BCUT2D eigenvalue weighted by Gasteiger charge is -2.10. The molecule has 0 atom stereocenters. The molecule has 16 heavy (non-hydrogen) atoms. The van der Waals surface area contributed by atoms with E-state index in [0.717, 1.165) is 0 Å². The van der Waals surface area contributed by atoms with Crippen molar-refractivity contribution in [3.63, 3.8) is 0 Å². The van der Waals surface area contributed by atoms with Crippen molar-refractivity contribution in [3.05, 3.63) is 23.5 Å². The van der Waals surface area contributed by atoms with Gasteiger partial charge in [-0.3, -0.25) is 4.79 Å². The van der Waals surface area contributed by atoms with E-state index >= 15 is 0 Å². The van der Waals surface area contributed by atoms with Crippen molar-refractivity contribution in [2.75, 3.05) is 14.2 Å². The van der Waals surface area contributed by atoms with Gasteiger partial charge in [0.25, 0.3) is 0 Å². The van der Waals surface area contributed by atoms with Crippen LogP contribution in [0.25, 0.3) is 0 Å². The van der Waals surface area contributed by atoms with Crippen LogP contribution in [0.1, 0.15) is 30.1 Å². The summed E-state index contributed by atoms with van der Waals surface area (Å²) in [4.78, 5) is 11.6. The summed E-state index contributed by atoms with van der Waals surface area (Å²) in [7, 11) is 2.87. The van der Waals surface area contributed by atoms with Gasteiger partial charge in [0.05, 0.1) is 19.8 Å². The lowest BCUT2D eigenvalue weighted by atomic mass is 10.1. The van der Waals surface area contributed by atoms with Gasteiger partial charge in [-0.2, -0.15) is 0 Å². The number of methoxy groups -OCH3 is 2. The molecule has 0 aromatic heterocycles. The van der Waals surface area contributed by atoms with Crippen molar-refractivity contribution in [3.8, 4) is 11.5 Å². The van der Waals surface area contributed by atoms with Crippen LogP contribution in [0.5, 0.6) is 11.5 Å². The molecule has 0 aliphatic carbocycles. The molecule has 1 aromatic carbocycles. The van der Waals surface area contributed by atoms with Gasteiger partial charge in [0.15, 0.2) is 17.3 Å². The summed E-state index contributed by atoms with van der Waals surface area (Å²) in [5, 5.41) is 0. The van der Waals surface area contributed by atoms with Crippen molar-refractivity contribution in [2.45, 2.75) is 19.8 Å². The van der Waals surface area contributed by atoms with E-state index in [1.54, 1.807) is 0 Å². The zero-order valence-electron chi connectivity index (χ0n) is 9.67. The zero-order valence-corrected chi connectivity index (χ0v) is 9.67. The van der Waals surface area contributed by atoms with E-state index < -0.39 is 5.82 Å². The number of carbonyl (C=O) groups excluding carboxylic acids is 1. The monoisotopic (exact) mass is 226 g/mol. The lowest BCUT2D eigenvalue weighted by Crippen LogP contribution is -2.03. The number of Topliss-reactive ketones (excluding diaryl/α,β-unsaturated/α-hetero) is 1. The van der Waals surface area contributed by atoms with Crippen LogP contribution in [0, 0.1) is 5.82 Å². The predicted octanol–water partition coefficient (Wildman–Crippen LogP) is 2.83. The number of rotatable bonds is 5. The highest BCUT2D eigenvalue weighted by atomic mass is 19.1. The summed E-state index contributed by atoms with van der Waals surface area (Å²) < 4.78 is 23.5. The van der Waals surface area contributed by atoms with Gasteiger partial charge in [0, 0.05) is 12.5 Å². The molecule has 0 aliphatic rings. The van der Waals surface area contributed by atoms with Gasteiger partial charge in [0.1, 0.15) is 5.82 Å². The summed E-state index contributed by atoms with van der Waals surface area (Å²) in [6.45, 7) is 1.87. The first-order valence-electron chi connectivity index (χ1n) is 5.08. The molecule has 0 spiro atoms. The van der Waals surface area contributed by atoms with Crippen LogP contribution in [0.2, 0.25) is 0 Å². The Morgan fingerprint density at radius 3 is 2.31 bits per heavy atom. The average Bonchev–Trinajstić information content (AvgIpc) is 2.28. The van der Waals surface area contributed by atoms with Crippen molar-refractivity contribution < 1.29 is 18.7 Å². The minimum Gasteiger partial charge on any atom is -0.493 e. The minimum atomic E-state index is -0.573. The third kappa shape index (κ3) is 2.51. The smallest absolute Gasteiger partial charge is 0.165 e. The zero-order chi connectivity index (χ0) is 12.1. The van der Waals surface area contributed by atoms with Gasteiger partial charge in [-0.25, -0.2) is 4.39 Å². The Morgan fingerprint density at radius 2 is 1.81 bits per heavy atom. The second kappa shape index (κ2) is 5.49. The molecule has 0 saturated carbocycles. The van der Waals surface area contributed by atoms with Gasteiger partial charge >= 0.3 is 0 Å². The van der Waals surface area contributed by atoms with E-state index in [9.17, 15) is 9.18 Å². The Morgan fingerprint density at radius 1 is 1.25 bits per heavy atom. The van der Waals surface area contributed by atoms with Crippen molar-refractivity contribution in [1.82, 2.24) is 0 Å². The molecule has 1 aromatic rings. The average molecular weight is 226 g/mol. The van der Waals surface area contributed by atoms with Gasteiger partial charge in [-0.05, 0) is 12.5 Å². The van der Waals surface area contributed by atoms with Crippen LogP contribution < -0.4 is 9.47 Å². The van der Waals surface area contributed by atoms with Gasteiger partial charge in [-0.1, -0.05) is 6.92 Å². The molecule has 0 saturated heterocycles. The van der Waals surface area contributed by atoms with Crippen molar-refractivity contribution >= 4 is 5.78 Å². The number of hydrogen-bond donors (Lipinski definition) is 0. The number of carbonyl (C=O) groups is 1. The number of ketones is 1. The summed E-state index contributed by atoms with van der Waals surface area (Å²) >= 11 is 0. The highest BCUT2D eigenvalue weighted by Gasteiger charge is 2.16. The summed E-state index contributed by atoms with van der Waals surface area (Å²) in [5.74, 6) is -0.145. The largest absolute Gasteiger partial charge is 0.493 e. The molecule has 0 amide bonds. The first-order valence-corrected chi connectivity index (χ1v) is 5.08. The maximum Gasteiger partial charge on any atom is 0.165 e. The second-order valence-corrected chi connectivity index (χ2v) is 3.36. The summed E-state index contributed by atoms with van der Waals surface area (Å²) in [6.07, 6.45) is 1.01. The molecular weight excluding hydrogens is 211 g/mol. The molecular formula is C12H15FO3. The topological polar surface area (TPSA) is 35.5 Å². The fourth-order valence-corrected chi connectivity index (χ4v) is 1.43. The van der Waals surface area contributed by atoms with E-state index in [1.807, 2.05) is 6.92 Å². The predicted molar refractivity (Wildman–Crippen MR) is 58.7 cm³/mol. The molecule has 1 rings (SSSR count). The molecule has 0 aliphatic heterocycles. The van der Waals surface area contributed by atoms with Crippen molar-refractivity contribution in [1.29, 1.82) is 0 Å². The minimum absolute atomic E-state index is 0.0551. The maximum atomic E-state index is 13.6. The number of hydrogen-bond acceptors (Lipinski definition) is 3. The number of halogens is 1. The molecule has 4 heteroatoms. The van der Waals surface area contributed by atoms with Crippen LogP contribution in [-0.4, -0.2) is 20.0 Å². The Bertz CT molecular complexity index is 388. The van der Waals surface area contributed by atoms with E-state index in [4.69, 9.17) is 9.47 Å². The van der Waals surface area contributed by atoms with E-state index in [-0.39, 0.29) is 17.1 Å². The molecule has 0 unspecified atom stereocenters. The normalized spacial score (nSPS) is 10.0. The van der Waals surface area contributed by atoms with Crippen LogP contribution in [0.4, 0.5) is 4.39 Å². The molecule has 0 heterocycles. The molecule has 0 fully saturated rings. The Balaban J connectivity index is 3.15. The fraction of sp³-hybridized carbons (Fsp3) is 0.417. The third-order valence-electron chi connectivity index (χ3n) is 2.25. The van der Waals surface area contributed by atoms with Crippen molar-refractivity contribution in [2.24, 2.45) is 0 Å².